The summed E-state index contributed by atoms with van der Waals surface area (Å²) in [6.45, 7) is 4.20. The van der Waals surface area contributed by atoms with E-state index in [0.29, 0.717) is 6.54 Å². The molecule has 0 bridgehead atoms. The average Bonchev–Trinajstić information content (AvgIpc) is 3.52. The van der Waals surface area contributed by atoms with Crippen LogP contribution in [0.5, 0.6) is 5.75 Å². The normalized spacial score (nSPS) is 16.0. The van der Waals surface area contributed by atoms with Gasteiger partial charge in [-0.3, -0.25) is 4.90 Å². The first-order valence-electron chi connectivity index (χ1n) is 10.5. The molecule has 0 saturated carbocycles. The molecule has 1 atom stereocenters. The van der Waals surface area contributed by atoms with Crippen molar-refractivity contribution in [3.05, 3.63) is 61.3 Å². The lowest BCUT2D eigenvalue weighted by molar-refractivity contribution is 0.0664. The van der Waals surface area contributed by atoms with Gasteiger partial charge in [-0.15, -0.1) is 0 Å². The van der Waals surface area contributed by atoms with Crippen LogP contribution in [0.1, 0.15) is 0 Å². The Balaban J connectivity index is 1.23. The van der Waals surface area contributed by atoms with Crippen LogP contribution in [-0.4, -0.2) is 70.6 Å². The van der Waals surface area contributed by atoms with Crippen LogP contribution >= 0.6 is 0 Å². The number of aromatic amines is 1. The number of nitrogens with zero attached hydrogens (tertiary/aromatic N) is 4. The summed E-state index contributed by atoms with van der Waals surface area (Å²) < 4.78 is 11.4. The minimum atomic E-state index is -0.583. The van der Waals surface area contributed by atoms with Crippen LogP contribution in [0.15, 0.2) is 65.7 Å². The Morgan fingerprint density at radius 3 is 2.74 bits per heavy atom. The maximum atomic E-state index is 10.6. The van der Waals surface area contributed by atoms with Crippen molar-refractivity contribution in [1.82, 2.24) is 20.1 Å². The van der Waals surface area contributed by atoms with E-state index in [0.717, 1.165) is 59.8 Å². The number of hydrogen-bond acceptors (Lipinski definition) is 7. The lowest BCUT2D eigenvalue weighted by atomic mass is 9.99. The first-order chi connectivity index (χ1) is 15.3. The van der Waals surface area contributed by atoms with Gasteiger partial charge in [-0.05, 0) is 22.9 Å². The van der Waals surface area contributed by atoms with E-state index in [-0.39, 0.29) is 6.61 Å². The third kappa shape index (κ3) is 4.26. The number of rotatable bonds is 7. The number of benzene rings is 2. The molecule has 2 aromatic carbocycles. The van der Waals surface area contributed by atoms with E-state index in [1.807, 2.05) is 30.3 Å². The van der Waals surface area contributed by atoms with Crippen LogP contribution in [0.2, 0.25) is 0 Å². The molecule has 5 rings (SSSR count). The van der Waals surface area contributed by atoms with Crippen LogP contribution in [0.3, 0.4) is 0 Å². The standard InChI is InChI=1S/C23H25N5O3/c29-19(13-27-8-10-28(11-9-27)23-24-16-25-26-23)15-31-21-6-5-17-3-1-2-4-20(17)22(21)18-7-12-30-14-18/h1-7,12,14,16,19,29H,8-11,13,15H2,(H,24,25,26). The predicted octanol–water partition coefficient (Wildman–Crippen LogP) is 2.78. The molecule has 2 N–H and O–H groups in total. The zero-order valence-electron chi connectivity index (χ0n) is 17.1. The highest BCUT2D eigenvalue weighted by Crippen LogP contribution is 2.37. The summed E-state index contributed by atoms with van der Waals surface area (Å²) in [5.41, 5.74) is 1.95. The summed E-state index contributed by atoms with van der Waals surface area (Å²) in [6, 6.07) is 14.1. The Bertz CT molecular complexity index is 1110. The van der Waals surface area contributed by atoms with Crippen molar-refractivity contribution in [2.24, 2.45) is 0 Å². The van der Waals surface area contributed by atoms with Crippen LogP contribution in [-0.2, 0) is 0 Å². The fourth-order valence-electron chi connectivity index (χ4n) is 4.11. The van der Waals surface area contributed by atoms with Gasteiger partial charge in [0.1, 0.15) is 24.8 Å². The number of nitrogens with one attached hydrogen (secondary N) is 1. The van der Waals surface area contributed by atoms with Gasteiger partial charge in [0.05, 0.1) is 12.5 Å². The highest BCUT2D eigenvalue weighted by atomic mass is 16.5. The first-order valence-corrected chi connectivity index (χ1v) is 10.5. The lowest BCUT2D eigenvalue weighted by Gasteiger charge is -2.35. The molecule has 1 unspecified atom stereocenters. The van der Waals surface area contributed by atoms with E-state index in [2.05, 4.69) is 37.1 Å². The number of H-pyrrole nitrogens is 1. The molecule has 160 valence electrons. The summed E-state index contributed by atoms with van der Waals surface area (Å²) in [5.74, 6) is 1.54. The molecule has 1 saturated heterocycles. The van der Waals surface area contributed by atoms with Crippen molar-refractivity contribution in [2.45, 2.75) is 6.10 Å². The quantitative estimate of drug-likeness (QED) is 0.476. The molecular formula is C23H25N5O3. The molecule has 3 heterocycles. The zero-order valence-corrected chi connectivity index (χ0v) is 17.1. The van der Waals surface area contributed by atoms with Crippen molar-refractivity contribution in [3.63, 3.8) is 0 Å². The van der Waals surface area contributed by atoms with Crippen LogP contribution in [0.4, 0.5) is 5.95 Å². The summed E-state index contributed by atoms with van der Waals surface area (Å²) in [5, 5.41) is 19.7. The molecule has 0 spiro atoms. The van der Waals surface area contributed by atoms with E-state index in [1.165, 1.54) is 6.33 Å². The number of hydrogen-bond donors (Lipinski definition) is 2. The summed E-state index contributed by atoms with van der Waals surface area (Å²) >= 11 is 0. The number of piperazine rings is 1. The van der Waals surface area contributed by atoms with Gasteiger partial charge in [-0.1, -0.05) is 30.3 Å². The Morgan fingerprint density at radius 2 is 1.97 bits per heavy atom. The Kier molecular flexibility index (Phi) is 5.56. The van der Waals surface area contributed by atoms with E-state index < -0.39 is 6.10 Å². The Morgan fingerprint density at radius 1 is 1.10 bits per heavy atom. The average molecular weight is 419 g/mol. The molecule has 8 heteroatoms. The van der Waals surface area contributed by atoms with Crippen molar-refractivity contribution < 1.29 is 14.3 Å². The second kappa shape index (κ2) is 8.79. The van der Waals surface area contributed by atoms with E-state index >= 15 is 0 Å². The van der Waals surface area contributed by atoms with Gasteiger partial charge in [-0.2, -0.15) is 10.1 Å². The van der Waals surface area contributed by atoms with Crippen LogP contribution in [0.25, 0.3) is 21.9 Å². The maximum Gasteiger partial charge on any atom is 0.221 e. The predicted molar refractivity (Wildman–Crippen MR) is 118 cm³/mol. The minimum absolute atomic E-state index is 0.228. The third-order valence-electron chi connectivity index (χ3n) is 5.67. The molecule has 1 aliphatic heterocycles. The number of furan rings is 1. The van der Waals surface area contributed by atoms with Gasteiger partial charge in [0.25, 0.3) is 0 Å². The largest absolute Gasteiger partial charge is 0.490 e. The SMILES string of the molecule is OC(COc1ccc2ccccc2c1-c1ccoc1)CN1CCN(c2ncn[nH]2)CC1. The number of fused-ring (bicyclic) bond motifs is 1. The third-order valence-corrected chi connectivity index (χ3v) is 5.67. The van der Waals surface area contributed by atoms with E-state index in [1.54, 1.807) is 12.5 Å². The zero-order chi connectivity index (χ0) is 21.0. The summed E-state index contributed by atoms with van der Waals surface area (Å²) in [7, 11) is 0. The van der Waals surface area contributed by atoms with Gasteiger partial charge in [-0.25, -0.2) is 5.10 Å². The molecule has 4 aromatic rings. The van der Waals surface area contributed by atoms with Crippen molar-refractivity contribution in [1.29, 1.82) is 0 Å². The minimum Gasteiger partial charge on any atom is -0.490 e. The van der Waals surface area contributed by atoms with E-state index in [4.69, 9.17) is 9.15 Å². The number of ether oxygens (including phenoxy) is 1. The fraction of sp³-hybridized carbons (Fsp3) is 0.304. The van der Waals surface area contributed by atoms with Gasteiger partial charge >= 0.3 is 0 Å². The van der Waals surface area contributed by atoms with Gasteiger partial charge < -0.3 is 19.2 Å². The van der Waals surface area contributed by atoms with Crippen LogP contribution < -0.4 is 9.64 Å². The summed E-state index contributed by atoms with van der Waals surface area (Å²) in [6.07, 6.45) is 4.32. The number of aliphatic hydroxyl groups is 1. The highest BCUT2D eigenvalue weighted by molar-refractivity contribution is 5.99. The number of aliphatic hydroxyl groups excluding tert-OH is 1. The number of aromatic nitrogens is 3. The van der Waals surface area contributed by atoms with Crippen molar-refractivity contribution >= 4 is 16.7 Å². The molecule has 1 fully saturated rings. The maximum absolute atomic E-state index is 10.6. The highest BCUT2D eigenvalue weighted by Gasteiger charge is 2.21. The molecule has 0 aliphatic carbocycles. The van der Waals surface area contributed by atoms with Crippen LogP contribution in [0, 0.1) is 0 Å². The van der Waals surface area contributed by atoms with Gasteiger partial charge in [0.2, 0.25) is 5.95 Å². The summed E-state index contributed by atoms with van der Waals surface area (Å²) in [4.78, 5) is 8.62. The van der Waals surface area contributed by atoms with Gasteiger partial charge in [0, 0.05) is 43.9 Å². The van der Waals surface area contributed by atoms with Gasteiger partial charge in [0.15, 0.2) is 0 Å². The molecule has 2 aromatic heterocycles. The second-order valence-corrected chi connectivity index (χ2v) is 7.73. The number of β-amino-alcohol motifs (C(OH)–C–C–N with tert-alkyl or cyclic N) is 1. The van der Waals surface area contributed by atoms with Crippen molar-refractivity contribution in [3.8, 4) is 16.9 Å². The topological polar surface area (TPSA) is 90.7 Å². The second-order valence-electron chi connectivity index (χ2n) is 7.73. The van der Waals surface area contributed by atoms with Crippen molar-refractivity contribution in [2.75, 3.05) is 44.2 Å². The molecule has 31 heavy (non-hydrogen) atoms. The monoisotopic (exact) mass is 419 g/mol. The smallest absolute Gasteiger partial charge is 0.221 e. The lowest BCUT2D eigenvalue weighted by Crippen LogP contribution is -2.49. The van der Waals surface area contributed by atoms with E-state index in [9.17, 15) is 5.11 Å². The number of anilines is 1. The Labute approximate surface area is 180 Å². The molecular weight excluding hydrogens is 394 g/mol. The fourth-order valence-corrected chi connectivity index (χ4v) is 4.11. The first kappa shape index (κ1) is 19.6. The molecule has 0 radical (unpaired) electrons. The molecule has 8 nitrogen and oxygen atoms in total. The molecule has 0 amide bonds. The Hall–Kier alpha value is -3.36. The molecule has 1 aliphatic rings.